The van der Waals surface area contributed by atoms with E-state index >= 15 is 0 Å². The first kappa shape index (κ1) is 13.4. The molecule has 0 radical (unpaired) electrons. The second-order valence-electron chi connectivity index (χ2n) is 4.81. The standard InChI is InChI=1S/C14H17NO4/c1-10(14(17)18)9-15(11-4-5-11)13(16)7-6-12-3-2-8-19-12/h2-3,6-8,10-11H,4-5,9H2,1H3,(H,17,18)/b7-6+/t10-/m0/s1. The van der Waals surface area contributed by atoms with Crippen molar-refractivity contribution < 1.29 is 19.1 Å². The monoisotopic (exact) mass is 263 g/mol. The zero-order valence-corrected chi connectivity index (χ0v) is 10.8. The number of nitrogens with zero attached hydrogens (tertiary/aromatic N) is 1. The summed E-state index contributed by atoms with van der Waals surface area (Å²) in [6.07, 6.45) is 6.48. The van der Waals surface area contributed by atoms with Crippen LogP contribution >= 0.6 is 0 Å². The predicted octanol–water partition coefficient (Wildman–Crippen LogP) is 2.00. The maximum absolute atomic E-state index is 12.1. The Morgan fingerprint density at radius 3 is 2.84 bits per heavy atom. The van der Waals surface area contributed by atoms with Gasteiger partial charge in [-0.05, 0) is 31.1 Å². The molecule has 1 N–H and O–H groups in total. The summed E-state index contributed by atoms with van der Waals surface area (Å²) in [6, 6.07) is 3.69. The molecule has 1 aromatic rings. The molecule has 1 amide bonds. The smallest absolute Gasteiger partial charge is 0.308 e. The quantitative estimate of drug-likeness (QED) is 0.797. The van der Waals surface area contributed by atoms with E-state index in [4.69, 9.17) is 9.52 Å². The first-order valence-corrected chi connectivity index (χ1v) is 6.33. The number of aliphatic carboxylic acids is 1. The normalized spacial score (nSPS) is 16.5. The molecule has 5 heteroatoms. The lowest BCUT2D eigenvalue weighted by molar-refractivity contribution is -0.142. The summed E-state index contributed by atoms with van der Waals surface area (Å²) in [4.78, 5) is 24.6. The van der Waals surface area contributed by atoms with Crippen LogP contribution in [0.1, 0.15) is 25.5 Å². The number of furan rings is 1. The highest BCUT2D eigenvalue weighted by molar-refractivity contribution is 5.92. The molecular formula is C14H17NO4. The number of rotatable bonds is 6. The molecule has 5 nitrogen and oxygen atoms in total. The Balaban J connectivity index is 1.98. The van der Waals surface area contributed by atoms with Gasteiger partial charge in [0, 0.05) is 18.7 Å². The van der Waals surface area contributed by atoms with E-state index in [0.29, 0.717) is 5.76 Å². The van der Waals surface area contributed by atoms with Gasteiger partial charge >= 0.3 is 5.97 Å². The maximum atomic E-state index is 12.1. The van der Waals surface area contributed by atoms with Crippen molar-refractivity contribution >= 4 is 18.0 Å². The minimum absolute atomic E-state index is 0.160. The zero-order chi connectivity index (χ0) is 13.8. The Labute approximate surface area is 111 Å². The van der Waals surface area contributed by atoms with Gasteiger partial charge in [-0.1, -0.05) is 6.92 Å². The minimum Gasteiger partial charge on any atom is -0.481 e. The summed E-state index contributed by atoms with van der Waals surface area (Å²) in [7, 11) is 0. The van der Waals surface area contributed by atoms with Crippen molar-refractivity contribution in [2.75, 3.05) is 6.54 Å². The third-order valence-corrected chi connectivity index (χ3v) is 3.10. The number of carboxylic acid groups (broad SMARTS) is 1. The van der Waals surface area contributed by atoms with Crippen molar-refractivity contribution in [3.05, 3.63) is 30.2 Å². The van der Waals surface area contributed by atoms with Crippen LogP contribution in [0.5, 0.6) is 0 Å². The average Bonchev–Trinajstić information content (AvgIpc) is 3.08. The summed E-state index contributed by atoms with van der Waals surface area (Å²) < 4.78 is 5.11. The number of hydrogen-bond donors (Lipinski definition) is 1. The summed E-state index contributed by atoms with van der Waals surface area (Å²) in [6.45, 7) is 1.86. The van der Waals surface area contributed by atoms with Crippen LogP contribution in [0.2, 0.25) is 0 Å². The predicted molar refractivity (Wildman–Crippen MR) is 69.3 cm³/mol. The van der Waals surface area contributed by atoms with Crippen molar-refractivity contribution in [2.45, 2.75) is 25.8 Å². The van der Waals surface area contributed by atoms with Crippen LogP contribution < -0.4 is 0 Å². The van der Waals surface area contributed by atoms with Gasteiger partial charge in [-0.15, -0.1) is 0 Å². The second-order valence-corrected chi connectivity index (χ2v) is 4.81. The van der Waals surface area contributed by atoms with Crippen LogP contribution in [-0.4, -0.2) is 34.5 Å². The fourth-order valence-corrected chi connectivity index (χ4v) is 1.81. The molecule has 1 saturated carbocycles. The van der Waals surface area contributed by atoms with Crippen LogP contribution in [0.25, 0.3) is 6.08 Å². The SMILES string of the molecule is C[C@@H](CN(C(=O)/C=C/c1ccco1)C1CC1)C(=O)O. The molecule has 2 rings (SSSR count). The Morgan fingerprint density at radius 1 is 1.58 bits per heavy atom. The fourth-order valence-electron chi connectivity index (χ4n) is 1.81. The van der Waals surface area contributed by atoms with Gasteiger partial charge in [0.2, 0.25) is 5.91 Å². The molecule has 0 aliphatic heterocycles. The van der Waals surface area contributed by atoms with E-state index in [1.54, 1.807) is 30.0 Å². The highest BCUT2D eigenvalue weighted by atomic mass is 16.4. The third-order valence-electron chi connectivity index (χ3n) is 3.10. The van der Waals surface area contributed by atoms with Crippen molar-refractivity contribution in [1.29, 1.82) is 0 Å². The van der Waals surface area contributed by atoms with Gasteiger partial charge in [0.1, 0.15) is 5.76 Å². The molecule has 0 bridgehead atoms. The third kappa shape index (κ3) is 3.71. The number of carboxylic acids is 1. The lowest BCUT2D eigenvalue weighted by Crippen LogP contribution is -2.37. The molecule has 0 unspecified atom stereocenters. The lowest BCUT2D eigenvalue weighted by Gasteiger charge is -2.22. The van der Waals surface area contributed by atoms with E-state index in [-0.39, 0.29) is 18.5 Å². The average molecular weight is 263 g/mol. The van der Waals surface area contributed by atoms with Gasteiger partial charge in [0.25, 0.3) is 0 Å². The van der Waals surface area contributed by atoms with Crippen molar-refractivity contribution in [3.63, 3.8) is 0 Å². The van der Waals surface area contributed by atoms with Crippen LogP contribution in [-0.2, 0) is 9.59 Å². The number of carbonyl (C=O) groups is 2. The summed E-state index contributed by atoms with van der Waals surface area (Å²) in [5.41, 5.74) is 0. The fraction of sp³-hybridized carbons (Fsp3) is 0.429. The molecule has 0 spiro atoms. The molecule has 1 aliphatic carbocycles. The summed E-state index contributed by atoms with van der Waals surface area (Å²) in [5, 5.41) is 8.92. The van der Waals surface area contributed by atoms with Gasteiger partial charge in [0.15, 0.2) is 0 Å². The molecule has 1 atom stereocenters. The molecule has 19 heavy (non-hydrogen) atoms. The Bertz CT molecular complexity index is 474. The van der Waals surface area contributed by atoms with Gasteiger partial charge in [-0.25, -0.2) is 0 Å². The zero-order valence-electron chi connectivity index (χ0n) is 10.8. The van der Waals surface area contributed by atoms with Crippen LogP contribution in [0.15, 0.2) is 28.9 Å². The first-order chi connectivity index (χ1) is 9.08. The van der Waals surface area contributed by atoms with Gasteiger partial charge in [-0.3, -0.25) is 9.59 Å². The lowest BCUT2D eigenvalue weighted by atomic mass is 10.1. The highest BCUT2D eigenvalue weighted by Gasteiger charge is 2.33. The van der Waals surface area contributed by atoms with Gasteiger partial charge < -0.3 is 14.4 Å². The van der Waals surface area contributed by atoms with Crippen molar-refractivity contribution in [3.8, 4) is 0 Å². The Morgan fingerprint density at radius 2 is 2.32 bits per heavy atom. The molecule has 1 aromatic heterocycles. The number of amides is 1. The van der Waals surface area contributed by atoms with Crippen molar-refractivity contribution in [1.82, 2.24) is 4.90 Å². The molecule has 1 fully saturated rings. The topological polar surface area (TPSA) is 70.8 Å². The number of carbonyl (C=O) groups excluding carboxylic acids is 1. The first-order valence-electron chi connectivity index (χ1n) is 6.33. The van der Waals surface area contributed by atoms with Crippen LogP contribution in [0.4, 0.5) is 0 Å². The Hall–Kier alpha value is -2.04. The molecule has 102 valence electrons. The van der Waals surface area contributed by atoms with E-state index in [1.165, 1.54) is 12.3 Å². The largest absolute Gasteiger partial charge is 0.481 e. The van der Waals surface area contributed by atoms with E-state index < -0.39 is 11.9 Å². The van der Waals surface area contributed by atoms with E-state index in [2.05, 4.69) is 0 Å². The van der Waals surface area contributed by atoms with Gasteiger partial charge in [-0.2, -0.15) is 0 Å². The molecule has 1 heterocycles. The molecular weight excluding hydrogens is 246 g/mol. The van der Waals surface area contributed by atoms with E-state index in [9.17, 15) is 9.59 Å². The second kappa shape index (κ2) is 5.73. The minimum atomic E-state index is -0.881. The van der Waals surface area contributed by atoms with Crippen LogP contribution in [0.3, 0.4) is 0 Å². The van der Waals surface area contributed by atoms with Crippen molar-refractivity contribution in [2.24, 2.45) is 5.92 Å². The van der Waals surface area contributed by atoms with Crippen LogP contribution in [0, 0.1) is 5.92 Å². The van der Waals surface area contributed by atoms with Gasteiger partial charge in [0.05, 0.1) is 12.2 Å². The molecule has 0 aromatic carbocycles. The summed E-state index contributed by atoms with van der Waals surface area (Å²) >= 11 is 0. The molecule has 0 saturated heterocycles. The maximum Gasteiger partial charge on any atom is 0.308 e. The molecule has 1 aliphatic rings. The highest BCUT2D eigenvalue weighted by Crippen LogP contribution is 2.28. The Kier molecular flexibility index (Phi) is 4.04. The summed E-state index contributed by atoms with van der Waals surface area (Å²) in [5.74, 6) is -0.989. The van der Waals surface area contributed by atoms with E-state index in [1.807, 2.05) is 0 Å². The number of hydrogen-bond acceptors (Lipinski definition) is 3. The van der Waals surface area contributed by atoms with E-state index in [0.717, 1.165) is 12.8 Å².